The summed E-state index contributed by atoms with van der Waals surface area (Å²) in [6, 6.07) is 12.6. The van der Waals surface area contributed by atoms with Crippen LogP contribution in [-0.4, -0.2) is 47.7 Å². The summed E-state index contributed by atoms with van der Waals surface area (Å²) in [4.78, 5) is 23.0. The normalized spacial score (nSPS) is 11.3. The summed E-state index contributed by atoms with van der Waals surface area (Å²) in [7, 11) is 0. The average molecular weight is 432 g/mol. The lowest BCUT2D eigenvalue weighted by molar-refractivity contribution is 0.0981. The molecule has 3 rings (SSSR count). The van der Waals surface area contributed by atoms with E-state index in [2.05, 4.69) is 30.7 Å². The number of amides is 1. The zero-order valence-electron chi connectivity index (χ0n) is 17.0. The molecule has 3 aromatic rings. The van der Waals surface area contributed by atoms with Crippen molar-refractivity contribution in [1.82, 2.24) is 9.88 Å². The van der Waals surface area contributed by atoms with E-state index >= 15 is 0 Å². The number of para-hydroxylation sites is 1. The number of carbonyl (C=O) groups excluding carboxylic acids is 1. The third-order valence-electron chi connectivity index (χ3n) is 4.79. The Labute approximate surface area is 179 Å². The molecule has 0 radical (unpaired) electrons. The predicted octanol–water partition coefficient (Wildman–Crippen LogP) is 5.54. The smallest absolute Gasteiger partial charge is 0.261 e. The second-order valence-corrected chi connectivity index (χ2v) is 8.81. The van der Waals surface area contributed by atoms with Gasteiger partial charge in [0.15, 0.2) is 5.13 Å². The number of fused-ring (bicyclic) bond motifs is 1. The average Bonchev–Trinajstić information content (AvgIpc) is 3.17. The number of anilines is 1. The highest BCUT2D eigenvalue weighted by Crippen LogP contribution is 2.32. The standard InChI is InChI=1S/C22H26FN3OS2/c1-4-25(5-2)14-15-26(21(27)16-10-7-8-12-18(16)28-6-3)22-24-20-17(23)11-9-13-19(20)29-22/h7-13H,4-6,14-15H2,1-3H3. The number of aromatic nitrogens is 1. The van der Waals surface area contributed by atoms with Crippen LogP contribution in [0, 0.1) is 5.82 Å². The lowest BCUT2D eigenvalue weighted by Gasteiger charge is -2.25. The van der Waals surface area contributed by atoms with E-state index in [1.165, 1.54) is 17.4 Å². The van der Waals surface area contributed by atoms with Gasteiger partial charge in [-0.2, -0.15) is 0 Å². The van der Waals surface area contributed by atoms with E-state index in [0.29, 0.717) is 22.8 Å². The number of rotatable bonds is 9. The second kappa shape index (κ2) is 10.2. The molecule has 7 heteroatoms. The quantitative estimate of drug-likeness (QED) is 0.417. The van der Waals surface area contributed by atoms with Crippen molar-refractivity contribution in [1.29, 1.82) is 0 Å². The number of halogens is 1. The fraction of sp³-hybridized carbons (Fsp3) is 0.364. The van der Waals surface area contributed by atoms with E-state index in [0.717, 1.165) is 35.0 Å². The van der Waals surface area contributed by atoms with Crippen molar-refractivity contribution in [2.75, 3.05) is 36.8 Å². The van der Waals surface area contributed by atoms with Crippen LogP contribution in [-0.2, 0) is 0 Å². The molecule has 4 nitrogen and oxygen atoms in total. The minimum absolute atomic E-state index is 0.0897. The largest absolute Gasteiger partial charge is 0.302 e. The Morgan fingerprint density at radius 2 is 1.83 bits per heavy atom. The molecular weight excluding hydrogens is 405 g/mol. The molecule has 1 heterocycles. The molecule has 0 unspecified atom stereocenters. The number of hydrogen-bond acceptors (Lipinski definition) is 5. The number of benzene rings is 2. The minimum Gasteiger partial charge on any atom is -0.302 e. The number of nitrogens with zero attached hydrogens (tertiary/aromatic N) is 3. The Balaban J connectivity index is 2.00. The van der Waals surface area contributed by atoms with Gasteiger partial charge in [0.05, 0.1) is 10.3 Å². The molecule has 2 aromatic carbocycles. The summed E-state index contributed by atoms with van der Waals surface area (Å²) in [5.41, 5.74) is 0.989. The molecule has 0 N–H and O–H groups in total. The predicted molar refractivity (Wildman–Crippen MR) is 122 cm³/mol. The summed E-state index contributed by atoms with van der Waals surface area (Å²) in [6.07, 6.45) is 0. The summed E-state index contributed by atoms with van der Waals surface area (Å²) < 4.78 is 15.0. The molecule has 1 aromatic heterocycles. The lowest BCUT2D eigenvalue weighted by Crippen LogP contribution is -2.39. The zero-order valence-corrected chi connectivity index (χ0v) is 18.7. The van der Waals surface area contributed by atoms with Gasteiger partial charge in [0.1, 0.15) is 11.3 Å². The molecule has 0 aliphatic rings. The Hall–Kier alpha value is -1.96. The summed E-state index contributed by atoms with van der Waals surface area (Å²) in [6.45, 7) is 9.35. The molecule has 154 valence electrons. The van der Waals surface area contributed by atoms with Crippen molar-refractivity contribution in [3.8, 4) is 0 Å². The number of carbonyl (C=O) groups is 1. The number of hydrogen-bond donors (Lipinski definition) is 0. The van der Waals surface area contributed by atoms with Crippen molar-refractivity contribution in [3.05, 3.63) is 53.8 Å². The van der Waals surface area contributed by atoms with Crippen LogP contribution in [0.5, 0.6) is 0 Å². The summed E-state index contributed by atoms with van der Waals surface area (Å²) in [5.74, 6) is 0.437. The third-order valence-corrected chi connectivity index (χ3v) is 6.79. The third kappa shape index (κ3) is 4.97. The van der Waals surface area contributed by atoms with Gasteiger partial charge in [-0.15, -0.1) is 11.8 Å². The van der Waals surface area contributed by atoms with E-state index in [4.69, 9.17) is 0 Å². The molecular formula is C22H26FN3OS2. The summed E-state index contributed by atoms with van der Waals surface area (Å²) in [5, 5.41) is 0.540. The first-order chi connectivity index (χ1) is 14.1. The van der Waals surface area contributed by atoms with Crippen LogP contribution in [0.2, 0.25) is 0 Å². The zero-order chi connectivity index (χ0) is 20.8. The van der Waals surface area contributed by atoms with E-state index in [9.17, 15) is 9.18 Å². The van der Waals surface area contributed by atoms with Crippen LogP contribution in [0.4, 0.5) is 9.52 Å². The highest BCUT2D eigenvalue weighted by atomic mass is 32.2. The molecule has 0 bridgehead atoms. The first kappa shape index (κ1) is 21.7. The van der Waals surface area contributed by atoms with Crippen LogP contribution in [0.1, 0.15) is 31.1 Å². The highest BCUT2D eigenvalue weighted by molar-refractivity contribution is 7.99. The minimum atomic E-state index is -0.358. The molecule has 0 saturated heterocycles. The maximum Gasteiger partial charge on any atom is 0.261 e. The van der Waals surface area contributed by atoms with Gasteiger partial charge in [0, 0.05) is 18.0 Å². The topological polar surface area (TPSA) is 36.4 Å². The first-order valence-electron chi connectivity index (χ1n) is 9.90. The van der Waals surface area contributed by atoms with Gasteiger partial charge >= 0.3 is 0 Å². The molecule has 0 fully saturated rings. The van der Waals surface area contributed by atoms with Crippen molar-refractivity contribution in [3.63, 3.8) is 0 Å². The van der Waals surface area contributed by atoms with Gasteiger partial charge in [-0.1, -0.05) is 50.3 Å². The molecule has 0 spiro atoms. The van der Waals surface area contributed by atoms with Crippen LogP contribution in [0.3, 0.4) is 0 Å². The van der Waals surface area contributed by atoms with Gasteiger partial charge in [0.25, 0.3) is 5.91 Å². The molecule has 0 saturated carbocycles. The Bertz CT molecular complexity index is 972. The van der Waals surface area contributed by atoms with Crippen molar-refractivity contribution >= 4 is 44.4 Å². The van der Waals surface area contributed by atoms with Crippen LogP contribution >= 0.6 is 23.1 Å². The first-order valence-corrected chi connectivity index (χ1v) is 11.7. The fourth-order valence-corrected chi connectivity index (χ4v) is 4.96. The molecule has 0 aliphatic carbocycles. The van der Waals surface area contributed by atoms with E-state index < -0.39 is 0 Å². The fourth-order valence-electron chi connectivity index (χ4n) is 3.15. The van der Waals surface area contributed by atoms with E-state index in [1.54, 1.807) is 22.7 Å². The molecule has 1 amide bonds. The van der Waals surface area contributed by atoms with Crippen molar-refractivity contribution in [2.24, 2.45) is 0 Å². The van der Waals surface area contributed by atoms with Gasteiger partial charge in [-0.05, 0) is 43.1 Å². The van der Waals surface area contributed by atoms with Crippen molar-refractivity contribution in [2.45, 2.75) is 25.7 Å². The van der Waals surface area contributed by atoms with E-state index in [-0.39, 0.29) is 11.7 Å². The van der Waals surface area contributed by atoms with Gasteiger partial charge in [0.2, 0.25) is 0 Å². The monoisotopic (exact) mass is 431 g/mol. The van der Waals surface area contributed by atoms with Crippen LogP contribution < -0.4 is 4.90 Å². The lowest BCUT2D eigenvalue weighted by atomic mass is 10.2. The maximum atomic E-state index is 14.2. The Morgan fingerprint density at radius 1 is 1.07 bits per heavy atom. The molecule has 0 atom stereocenters. The number of thiazole rings is 1. The van der Waals surface area contributed by atoms with E-state index in [1.807, 2.05) is 30.3 Å². The molecule has 0 aliphatic heterocycles. The second-order valence-electron chi connectivity index (χ2n) is 6.50. The highest BCUT2D eigenvalue weighted by Gasteiger charge is 2.24. The van der Waals surface area contributed by atoms with Crippen LogP contribution in [0.15, 0.2) is 47.4 Å². The molecule has 29 heavy (non-hydrogen) atoms. The summed E-state index contributed by atoms with van der Waals surface area (Å²) >= 11 is 3.01. The SMILES string of the molecule is CCSc1ccccc1C(=O)N(CCN(CC)CC)c1nc2c(F)cccc2s1. The Kier molecular flexibility index (Phi) is 7.64. The van der Waals surface area contributed by atoms with Crippen molar-refractivity contribution < 1.29 is 9.18 Å². The maximum absolute atomic E-state index is 14.2. The van der Waals surface area contributed by atoms with Crippen LogP contribution in [0.25, 0.3) is 10.2 Å². The van der Waals surface area contributed by atoms with Gasteiger partial charge in [-0.3, -0.25) is 9.69 Å². The number of thioether (sulfide) groups is 1. The Morgan fingerprint density at radius 3 is 2.52 bits per heavy atom. The van der Waals surface area contributed by atoms with Gasteiger partial charge in [-0.25, -0.2) is 9.37 Å². The number of likely N-dealkylation sites (N-methyl/N-ethyl adjacent to an activating group) is 1. The van der Waals surface area contributed by atoms with Gasteiger partial charge < -0.3 is 4.90 Å².